The number of benzene rings is 1. The predicted octanol–water partition coefficient (Wildman–Crippen LogP) is 5.39. The monoisotopic (exact) mass is 298 g/mol. The quantitative estimate of drug-likeness (QED) is 0.440. The molecule has 0 bridgehead atoms. The van der Waals surface area contributed by atoms with Crippen molar-refractivity contribution < 1.29 is 14.0 Å². The third kappa shape index (κ3) is 8.39. The average molecular weight is 298 g/mol. The van der Waals surface area contributed by atoms with Crippen molar-refractivity contribution in [3.63, 3.8) is 0 Å². The van der Waals surface area contributed by atoms with Gasteiger partial charge in [0.1, 0.15) is 5.75 Å². The number of hydrogen-bond acceptors (Lipinski definition) is 2. The molecule has 0 radical (unpaired) electrons. The summed E-state index contributed by atoms with van der Waals surface area (Å²) in [6.07, 6.45) is 9.57. The van der Waals surface area contributed by atoms with E-state index in [0.717, 1.165) is 19.3 Å². The van der Waals surface area contributed by atoms with Gasteiger partial charge < -0.3 is 9.42 Å². The number of unbranched alkanes of at least 4 members (excludes halogenated alkanes) is 7. The SMILES string of the molecule is CCCCCCCCCCP(=O)(O)Oc1ccccc1. The first-order valence-corrected chi connectivity index (χ1v) is 9.47. The third-order valence-electron chi connectivity index (χ3n) is 3.29. The van der Waals surface area contributed by atoms with Crippen LogP contribution in [-0.4, -0.2) is 11.1 Å². The average Bonchev–Trinajstić information content (AvgIpc) is 2.42. The van der Waals surface area contributed by atoms with Crippen molar-refractivity contribution in [3.05, 3.63) is 30.3 Å². The van der Waals surface area contributed by atoms with Crippen LogP contribution in [-0.2, 0) is 4.57 Å². The minimum absolute atomic E-state index is 0.247. The highest BCUT2D eigenvalue weighted by Gasteiger charge is 2.19. The highest BCUT2D eigenvalue weighted by molar-refractivity contribution is 7.53. The van der Waals surface area contributed by atoms with Gasteiger partial charge >= 0.3 is 7.60 Å². The predicted molar refractivity (Wildman–Crippen MR) is 84.4 cm³/mol. The lowest BCUT2D eigenvalue weighted by molar-refractivity contribution is 0.377. The summed E-state index contributed by atoms with van der Waals surface area (Å²) in [4.78, 5) is 9.77. The molecule has 0 saturated carbocycles. The Morgan fingerprint density at radius 2 is 1.50 bits per heavy atom. The van der Waals surface area contributed by atoms with Crippen LogP contribution in [0.25, 0.3) is 0 Å². The van der Waals surface area contributed by atoms with Gasteiger partial charge in [0.2, 0.25) is 0 Å². The van der Waals surface area contributed by atoms with Crippen LogP contribution in [0.4, 0.5) is 0 Å². The van der Waals surface area contributed by atoms with E-state index in [9.17, 15) is 9.46 Å². The Morgan fingerprint density at radius 1 is 0.950 bits per heavy atom. The van der Waals surface area contributed by atoms with Crippen molar-refractivity contribution in [2.24, 2.45) is 0 Å². The van der Waals surface area contributed by atoms with Crippen molar-refractivity contribution in [2.75, 3.05) is 6.16 Å². The van der Waals surface area contributed by atoms with E-state index in [-0.39, 0.29) is 6.16 Å². The second-order valence-corrected chi connectivity index (χ2v) is 7.14. The summed E-state index contributed by atoms with van der Waals surface area (Å²) < 4.78 is 17.1. The van der Waals surface area contributed by atoms with Crippen LogP contribution in [0.5, 0.6) is 5.75 Å². The summed E-state index contributed by atoms with van der Waals surface area (Å²) in [5.41, 5.74) is 0. The molecule has 1 unspecified atom stereocenters. The standard InChI is InChI=1S/C16H27O3P/c1-2-3-4-5-6-7-8-12-15-20(17,18)19-16-13-10-9-11-14-16/h9-11,13-14H,2-8,12,15H2,1H3,(H,17,18). The molecule has 1 atom stereocenters. The van der Waals surface area contributed by atoms with Crippen LogP contribution >= 0.6 is 7.60 Å². The van der Waals surface area contributed by atoms with E-state index in [1.165, 1.54) is 32.1 Å². The Balaban J connectivity index is 2.09. The molecule has 0 aliphatic carbocycles. The molecule has 0 aliphatic heterocycles. The highest BCUT2D eigenvalue weighted by atomic mass is 31.2. The summed E-state index contributed by atoms with van der Waals surface area (Å²) in [5, 5.41) is 0. The first kappa shape index (κ1) is 17.3. The van der Waals surface area contributed by atoms with Crippen molar-refractivity contribution >= 4 is 7.60 Å². The lowest BCUT2D eigenvalue weighted by Gasteiger charge is -2.13. The molecule has 0 saturated heterocycles. The van der Waals surface area contributed by atoms with Gasteiger partial charge in [0.05, 0.1) is 6.16 Å². The van der Waals surface area contributed by atoms with Crippen molar-refractivity contribution in [2.45, 2.75) is 58.3 Å². The molecule has 0 fully saturated rings. The molecule has 3 nitrogen and oxygen atoms in total. The lowest BCUT2D eigenvalue weighted by atomic mass is 10.1. The first-order chi connectivity index (χ1) is 9.64. The molecule has 0 amide bonds. The van der Waals surface area contributed by atoms with Gasteiger partial charge in [-0.15, -0.1) is 0 Å². The Morgan fingerprint density at radius 3 is 2.10 bits per heavy atom. The third-order valence-corrected chi connectivity index (χ3v) is 4.66. The molecule has 0 spiro atoms. The van der Waals surface area contributed by atoms with Gasteiger partial charge in [0.25, 0.3) is 0 Å². The normalized spacial score (nSPS) is 13.9. The molecule has 0 heterocycles. The van der Waals surface area contributed by atoms with E-state index in [1.807, 2.05) is 6.07 Å². The topological polar surface area (TPSA) is 46.5 Å². The van der Waals surface area contributed by atoms with Crippen molar-refractivity contribution in [1.82, 2.24) is 0 Å². The Bertz CT molecular complexity index is 392. The van der Waals surface area contributed by atoms with E-state index in [0.29, 0.717) is 5.75 Å². The van der Waals surface area contributed by atoms with Crippen LogP contribution in [0.2, 0.25) is 0 Å². The van der Waals surface area contributed by atoms with Gasteiger partial charge in [-0.2, -0.15) is 0 Å². The van der Waals surface area contributed by atoms with Crippen molar-refractivity contribution in [3.8, 4) is 5.75 Å². The zero-order valence-electron chi connectivity index (χ0n) is 12.5. The van der Waals surface area contributed by atoms with Crippen LogP contribution in [0.3, 0.4) is 0 Å². The number of rotatable bonds is 11. The maximum atomic E-state index is 11.9. The van der Waals surface area contributed by atoms with Crippen LogP contribution in [0, 0.1) is 0 Å². The Labute approximate surface area is 122 Å². The van der Waals surface area contributed by atoms with Crippen LogP contribution in [0.15, 0.2) is 30.3 Å². The second-order valence-electron chi connectivity index (χ2n) is 5.24. The lowest BCUT2D eigenvalue weighted by Crippen LogP contribution is -1.97. The highest BCUT2D eigenvalue weighted by Crippen LogP contribution is 2.43. The van der Waals surface area contributed by atoms with E-state index in [2.05, 4.69) is 6.92 Å². The maximum Gasteiger partial charge on any atom is 0.376 e. The fraction of sp³-hybridized carbons (Fsp3) is 0.625. The minimum atomic E-state index is -3.48. The number of hydrogen-bond donors (Lipinski definition) is 1. The van der Waals surface area contributed by atoms with E-state index in [1.54, 1.807) is 24.3 Å². The maximum absolute atomic E-state index is 11.9. The molecule has 1 aromatic rings. The summed E-state index contributed by atoms with van der Waals surface area (Å²) in [6.45, 7) is 2.21. The zero-order valence-corrected chi connectivity index (χ0v) is 13.4. The fourth-order valence-corrected chi connectivity index (χ4v) is 3.30. The molecule has 0 aliphatic rings. The largest absolute Gasteiger partial charge is 0.424 e. The fourth-order valence-electron chi connectivity index (χ4n) is 2.14. The van der Waals surface area contributed by atoms with E-state index in [4.69, 9.17) is 4.52 Å². The molecule has 0 aromatic heterocycles. The molecule has 4 heteroatoms. The van der Waals surface area contributed by atoms with Gasteiger partial charge in [0, 0.05) is 0 Å². The summed E-state index contributed by atoms with van der Waals surface area (Å²) in [7, 11) is -3.48. The second kappa shape index (κ2) is 10.0. The van der Waals surface area contributed by atoms with Crippen molar-refractivity contribution in [1.29, 1.82) is 0 Å². The molecule has 114 valence electrons. The van der Waals surface area contributed by atoms with Gasteiger partial charge in [-0.25, -0.2) is 4.57 Å². The Hall–Kier alpha value is -0.790. The van der Waals surface area contributed by atoms with E-state index >= 15 is 0 Å². The minimum Gasteiger partial charge on any atom is -0.424 e. The number of para-hydroxylation sites is 1. The summed E-state index contributed by atoms with van der Waals surface area (Å²) in [6, 6.07) is 8.86. The van der Waals surface area contributed by atoms with Crippen LogP contribution < -0.4 is 4.52 Å². The molecule has 1 aromatic carbocycles. The van der Waals surface area contributed by atoms with Gasteiger partial charge in [-0.3, -0.25) is 0 Å². The molecular weight excluding hydrogens is 271 g/mol. The van der Waals surface area contributed by atoms with Crippen LogP contribution in [0.1, 0.15) is 58.3 Å². The van der Waals surface area contributed by atoms with Gasteiger partial charge in [-0.05, 0) is 18.6 Å². The molecular formula is C16H27O3P. The van der Waals surface area contributed by atoms with E-state index < -0.39 is 7.60 Å². The molecule has 1 rings (SSSR count). The summed E-state index contributed by atoms with van der Waals surface area (Å²) >= 11 is 0. The zero-order chi connectivity index (χ0) is 14.7. The molecule has 20 heavy (non-hydrogen) atoms. The van der Waals surface area contributed by atoms with Gasteiger partial charge in [0.15, 0.2) is 0 Å². The van der Waals surface area contributed by atoms with Gasteiger partial charge in [-0.1, -0.05) is 70.1 Å². The summed E-state index contributed by atoms with van der Waals surface area (Å²) in [5.74, 6) is 0.470. The first-order valence-electron chi connectivity index (χ1n) is 7.70. The molecule has 1 N–H and O–H groups in total. The Kier molecular flexibility index (Phi) is 8.64. The smallest absolute Gasteiger partial charge is 0.376 e.